The third-order valence-electron chi connectivity index (χ3n) is 4.39. The molecule has 0 radical (unpaired) electrons. The molecule has 2 aromatic rings. The minimum Gasteiger partial charge on any atom is -0.481 e. The zero-order valence-corrected chi connectivity index (χ0v) is 15.9. The van der Waals surface area contributed by atoms with Crippen LogP contribution >= 0.6 is 0 Å². The van der Waals surface area contributed by atoms with Crippen LogP contribution in [0.4, 0.5) is 0 Å². The van der Waals surface area contributed by atoms with E-state index in [2.05, 4.69) is 0 Å². The maximum Gasteiger partial charge on any atom is 0.336 e. The second-order valence-corrected chi connectivity index (χ2v) is 7.43. The first-order valence-electron chi connectivity index (χ1n) is 8.73. The average molecular weight is 374 g/mol. The molecule has 0 spiro atoms. The van der Waals surface area contributed by atoms with Crippen molar-refractivity contribution < 1.29 is 28.2 Å². The molecule has 2 heterocycles. The highest BCUT2D eigenvalue weighted by molar-refractivity contribution is 5.80. The van der Waals surface area contributed by atoms with E-state index < -0.39 is 29.4 Å². The summed E-state index contributed by atoms with van der Waals surface area (Å²) >= 11 is 0. The van der Waals surface area contributed by atoms with Gasteiger partial charge in [0.05, 0.1) is 5.92 Å². The van der Waals surface area contributed by atoms with Crippen molar-refractivity contribution in [2.45, 2.75) is 52.4 Å². The molecule has 0 amide bonds. The zero-order chi connectivity index (χ0) is 19.9. The van der Waals surface area contributed by atoms with Crippen LogP contribution < -0.4 is 10.4 Å². The first-order chi connectivity index (χ1) is 12.6. The van der Waals surface area contributed by atoms with E-state index in [-0.39, 0.29) is 11.9 Å². The molecule has 144 valence electrons. The maximum atomic E-state index is 12.3. The molecule has 1 aliphatic rings. The Bertz CT molecular complexity index is 954. The summed E-state index contributed by atoms with van der Waals surface area (Å²) in [5.74, 6) is -0.766. The lowest BCUT2D eigenvalue weighted by atomic mass is 9.93. The standard InChI is InChI=1S/C20H22O7/c1-10(2)19(23)26-17-13-8-12-6-7-16(22)24-14(12)9-15(13)25-18(17)20(4,5)27-11(3)21/h6-10,17-18H,1-5H3/t17-,18+/m0/s1. The molecule has 0 N–H and O–H groups in total. The van der Waals surface area contributed by atoms with E-state index in [1.54, 1.807) is 45.9 Å². The molecule has 27 heavy (non-hydrogen) atoms. The van der Waals surface area contributed by atoms with E-state index in [0.29, 0.717) is 22.3 Å². The van der Waals surface area contributed by atoms with E-state index in [4.69, 9.17) is 18.6 Å². The summed E-state index contributed by atoms with van der Waals surface area (Å²) < 4.78 is 22.3. The lowest BCUT2D eigenvalue weighted by molar-refractivity contribution is -0.177. The fourth-order valence-corrected chi connectivity index (χ4v) is 3.12. The summed E-state index contributed by atoms with van der Waals surface area (Å²) in [6, 6.07) is 6.30. The number of fused-ring (bicyclic) bond motifs is 2. The zero-order valence-electron chi connectivity index (χ0n) is 15.9. The fourth-order valence-electron chi connectivity index (χ4n) is 3.12. The Morgan fingerprint density at radius 3 is 2.52 bits per heavy atom. The van der Waals surface area contributed by atoms with Crippen LogP contribution in [0.5, 0.6) is 5.75 Å². The molecule has 0 aliphatic carbocycles. The summed E-state index contributed by atoms with van der Waals surface area (Å²) in [5.41, 5.74) is -0.531. The first-order valence-corrected chi connectivity index (χ1v) is 8.73. The maximum absolute atomic E-state index is 12.3. The fraction of sp³-hybridized carbons (Fsp3) is 0.450. The van der Waals surface area contributed by atoms with Crippen molar-refractivity contribution in [2.24, 2.45) is 5.92 Å². The highest BCUT2D eigenvalue weighted by atomic mass is 16.6. The van der Waals surface area contributed by atoms with Gasteiger partial charge in [-0.15, -0.1) is 0 Å². The van der Waals surface area contributed by atoms with Crippen molar-refractivity contribution in [3.05, 3.63) is 40.2 Å². The van der Waals surface area contributed by atoms with Gasteiger partial charge in [0, 0.05) is 30.0 Å². The Morgan fingerprint density at radius 2 is 1.89 bits per heavy atom. The highest BCUT2D eigenvalue weighted by Crippen LogP contribution is 2.45. The van der Waals surface area contributed by atoms with E-state index in [1.807, 2.05) is 0 Å². The smallest absolute Gasteiger partial charge is 0.336 e. The van der Waals surface area contributed by atoms with Gasteiger partial charge in [-0.1, -0.05) is 13.8 Å². The van der Waals surface area contributed by atoms with Gasteiger partial charge in [-0.05, 0) is 26.0 Å². The number of hydrogen-bond donors (Lipinski definition) is 0. The van der Waals surface area contributed by atoms with Crippen molar-refractivity contribution in [2.75, 3.05) is 0 Å². The lowest BCUT2D eigenvalue weighted by Crippen LogP contribution is -2.46. The van der Waals surface area contributed by atoms with Gasteiger partial charge in [0.1, 0.15) is 16.9 Å². The summed E-state index contributed by atoms with van der Waals surface area (Å²) in [6.45, 7) is 8.17. The molecule has 0 bridgehead atoms. The van der Waals surface area contributed by atoms with Crippen LogP contribution in [-0.2, 0) is 19.1 Å². The Balaban J connectivity index is 2.08. The molecule has 0 unspecified atom stereocenters. The summed E-state index contributed by atoms with van der Waals surface area (Å²) in [5, 5.41) is 0.675. The molecule has 1 aromatic carbocycles. The van der Waals surface area contributed by atoms with Gasteiger partial charge in [0.15, 0.2) is 12.2 Å². The summed E-state index contributed by atoms with van der Waals surface area (Å²) in [4.78, 5) is 35.3. The Hall–Kier alpha value is -2.83. The second kappa shape index (κ2) is 6.72. The van der Waals surface area contributed by atoms with Crippen LogP contribution in [0.2, 0.25) is 0 Å². The number of hydrogen-bond acceptors (Lipinski definition) is 7. The van der Waals surface area contributed by atoms with Crippen LogP contribution in [0.15, 0.2) is 33.5 Å². The number of rotatable bonds is 4. The van der Waals surface area contributed by atoms with Crippen molar-refractivity contribution >= 4 is 22.9 Å². The van der Waals surface area contributed by atoms with E-state index in [1.165, 1.54) is 13.0 Å². The minimum absolute atomic E-state index is 0.329. The lowest BCUT2D eigenvalue weighted by Gasteiger charge is -2.33. The van der Waals surface area contributed by atoms with Gasteiger partial charge in [0.2, 0.25) is 0 Å². The molecule has 2 atom stereocenters. The third-order valence-corrected chi connectivity index (χ3v) is 4.39. The Kier molecular flexibility index (Phi) is 4.71. The number of ether oxygens (including phenoxy) is 3. The quantitative estimate of drug-likeness (QED) is 0.599. The molecule has 7 nitrogen and oxygen atoms in total. The monoisotopic (exact) mass is 374 g/mol. The van der Waals surface area contributed by atoms with Gasteiger partial charge >= 0.3 is 17.6 Å². The topological polar surface area (TPSA) is 92.0 Å². The number of carbonyl (C=O) groups is 2. The van der Waals surface area contributed by atoms with Gasteiger partial charge in [-0.2, -0.15) is 0 Å². The Labute approximate surface area is 156 Å². The van der Waals surface area contributed by atoms with Gasteiger partial charge in [0.25, 0.3) is 0 Å². The van der Waals surface area contributed by atoms with Crippen molar-refractivity contribution in [3.8, 4) is 5.75 Å². The van der Waals surface area contributed by atoms with Crippen LogP contribution in [0.25, 0.3) is 11.0 Å². The first kappa shape index (κ1) is 18.9. The highest BCUT2D eigenvalue weighted by Gasteiger charge is 2.49. The Morgan fingerprint density at radius 1 is 1.19 bits per heavy atom. The van der Waals surface area contributed by atoms with Crippen LogP contribution in [0.3, 0.4) is 0 Å². The molecule has 0 saturated carbocycles. The van der Waals surface area contributed by atoms with Crippen LogP contribution in [-0.4, -0.2) is 23.6 Å². The molecule has 1 aromatic heterocycles. The molecular weight excluding hydrogens is 352 g/mol. The van der Waals surface area contributed by atoms with Crippen molar-refractivity contribution in [3.63, 3.8) is 0 Å². The van der Waals surface area contributed by atoms with E-state index in [9.17, 15) is 14.4 Å². The average Bonchev–Trinajstić information content (AvgIpc) is 2.90. The number of carbonyl (C=O) groups excluding carboxylic acids is 2. The third kappa shape index (κ3) is 3.67. The molecule has 0 saturated heterocycles. The molecule has 3 rings (SSSR count). The van der Waals surface area contributed by atoms with Gasteiger partial charge in [-0.3, -0.25) is 9.59 Å². The number of esters is 2. The van der Waals surface area contributed by atoms with Crippen molar-refractivity contribution in [1.29, 1.82) is 0 Å². The van der Waals surface area contributed by atoms with Gasteiger partial charge in [-0.25, -0.2) is 4.79 Å². The second-order valence-electron chi connectivity index (χ2n) is 7.43. The summed E-state index contributed by atoms with van der Waals surface area (Å²) in [7, 11) is 0. The minimum atomic E-state index is -1.06. The molecular formula is C20H22O7. The molecule has 1 aliphatic heterocycles. The SMILES string of the molecule is CC(=O)OC(C)(C)[C@@H]1Oc2cc3oc(=O)ccc3cc2[C@@H]1OC(=O)C(C)C. The van der Waals surface area contributed by atoms with Crippen LogP contribution in [0, 0.1) is 5.92 Å². The number of benzene rings is 1. The molecule has 0 fully saturated rings. The predicted molar refractivity (Wildman–Crippen MR) is 96.4 cm³/mol. The van der Waals surface area contributed by atoms with E-state index in [0.717, 1.165) is 0 Å². The van der Waals surface area contributed by atoms with E-state index >= 15 is 0 Å². The summed E-state index contributed by atoms with van der Waals surface area (Å²) in [6.07, 6.45) is -1.51. The van der Waals surface area contributed by atoms with Crippen molar-refractivity contribution in [1.82, 2.24) is 0 Å². The molecule has 7 heteroatoms. The largest absolute Gasteiger partial charge is 0.481 e. The normalized spacial score (nSPS) is 18.9. The van der Waals surface area contributed by atoms with Gasteiger partial charge < -0.3 is 18.6 Å². The van der Waals surface area contributed by atoms with Crippen LogP contribution in [0.1, 0.15) is 46.3 Å². The predicted octanol–water partition coefficient (Wildman–Crippen LogP) is 3.14.